The Morgan fingerprint density at radius 3 is 2.50 bits per heavy atom. The number of halogens is 1. The average molecular weight is 334 g/mol. The number of nitrogens with two attached hydrogens (primary N) is 1. The van der Waals surface area contributed by atoms with Crippen molar-refractivity contribution in [2.24, 2.45) is 5.84 Å². The molecule has 1 heterocycles. The topological polar surface area (TPSA) is 76.3 Å². The zero-order valence-corrected chi connectivity index (χ0v) is 12.9. The minimum absolute atomic E-state index is 0.0987. The molecule has 22 heavy (non-hydrogen) atoms. The van der Waals surface area contributed by atoms with Gasteiger partial charge in [0.2, 0.25) is 0 Å². The molecule has 0 amide bonds. The number of rotatable bonds is 3. The van der Waals surface area contributed by atoms with Crippen molar-refractivity contribution >= 4 is 38.2 Å². The van der Waals surface area contributed by atoms with E-state index >= 15 is 0 Å². The fourth-order valence-electron chi connectivity index (χ4n) is 2.14. The van der Waals surface area contributed by atoms with E-state index in [9.17, 15) is 8.42 Å². The summed E-state index contributed by atoms with van der Waals surface area (Å²) < 4.78 is 25.9. The third-order valence-corrected chi connectivity index (χ3v) is 4.99. The summed E-state index contributed by atoms with van der Waals surface area (Å²) in [6.45, 7) is 0. The summed E-state index contributed by atoms with van der Waals surface area (Å²) >= 11 is 6.06. The lowest BCUT2D eigenvalue weighted by Gasteiger charge is -2.20. The number of benzene rings is 2. The maximum Gasteiger partial charge on any atom is 0.277 e. The average Bonchev–Trinajstić information content (AvgIpc) is 2.54. The largest absolute Gasteiger partial charge is 0.277 e. The summed E-state index contributed by atoms with van der Waals surface area (Å²) in [5.74, 6) is 5.89. The van der Waals surface area contributed by atoms with Gasteiger partial charge in [-0.1, -0.05) is 35.9 Å². The van der Waals surface area contributed by atoms with E-state index in [1.54, 1.807) is 42.6 Å². The number of nitrogens with zero attached hydrogens (tertiary/aromatic N) is 2. The molecular weight excluding hydrogens is 322 g/mol. The molecule has 0 spiro atoms. The number of hydrogen-bond acceptors (Lipinski definition) is 4. The van der Waals surface area contributed by atoms with Crippen LogP contribution in [0.4, 0.5) is 5.69 Å². The summed E-state index contributed by atoms with van der Waals surface area (Å²) in [5, 5.41) is 1.10. The monoisotopic (exact) mass is 333 g/mol. The Labute approximate surface area is 133 Å². The molecule has 3 rings (SSSR count). The lowest BCUT2D eigenvalue weighted by molar-refractivity contribution is 0.592. The molecule has 0 fully saturated rings. The van der Waals surface area contributed by atoms with Gasteiger partial charge in [0, 0.05) is 16.6 Å². The van der Waals surface area contributed by atoms with Gasteiger partial charge in [0.25, 0.3) is 10.0 Å². The van der Waals surface area contributed by atoms with E-state index in [-0.39, 0.29) is 10.6 Å². The normalized spacial score (nSPS) is 11.5. The Balaban J connectivity index is 2.19. The Morgan fingerprint density at radius 2 is 1.77 bits per heavy atom. The van der Waals surface area contributed by atoms with Crippen LogP contribution in [0.1, 0.15) is 0 Å². The van der Waals surface area contributed by atoms with Crippen LogP contribution in [0.25, 0.3) is 10.9 Å². The highest BCUT2D eigenvalue weighted by molar-refractivity contribution is 7.92. The third-order valence-electron chi connectivity index (χ3n) is 3.19. The number of fused-ring (bicyclic) bond motifs is 1. The highest BCUT2D eigenvalue weighted by Gasteiger charge is 2.24. The van der Waals surface area contributed by atoms with Gasteiger partial charge in [-0.3, -0.25) is 4.98 Å². The lowest BCUT2D eigenvalue weighted by atomic mass is 10.2. The number of sulfonamides is 1. The first-order valence-electron chi connectivity index (χ1n) is 6.39. The van der Waals surface area contributed by atoms with Gasteiger partial charge < -0.3 is 0 Å². The van der Waals surface area contributed by atoms with E-state index in [1.807, 2.05) is 0 Å². The number of hydrazine groups is 1. The van der Waals surface area contributed by atoms with Gasteiger partial charge in [0.05, 0.1) is 16.1 Å². The van der Waals surface area contributed by atoms with E-state index in [4.69, 9.17) is 17.4 Å². The molecule has 0 saturated carbocycles. The second kappa shape index (κ2) is 5.57. The molecule has 0 unspecified atom stereocenters. The molecule has 3 aromatic rings. The van der Waals surface area contributed by atoms with Crippen LogP contribution in [-0.4, -0.2) is 13.4 Å². The summed E-state index contributed by atoms with van der Waals surface area (Å²) in [4.78, 5) is 4.30. The number of anilines is 1. The molecule has 0 radical (unpaired) electrons. The fraction of sp³-hybridized carbons (Fsp3) is 0. The van der Waals surface area contributed by atoms with Crippen LogP contribution in [0.2, 0.25) is 5.02 Å². The predicted molar refractivity (Wildman–Crippen MR) is 87.0 cm³/mol. The van der Waals surface area contributed by atoms with Crippen molar-refractivity contribution in [3.05, 3.63) is 65.8 Å². The summed E-state index contributed by atoms with van der Waals surface area (Å²) in [5.41, 5.74) is 0.695. The maximum atomic E-state index is 12.6. The number of pyridine rings is 1. The van der Waals surface area contributed by atoms with Crippen LogP contribution in [-0.2, 0) is 10.0 Å². The third kappa shape index (κ3) is 2.52. The Morgan fingerprint density at radius 1 is 1.05 bits per heavy atom. The molecule has 0 saturated heterocycles. The highest BCUT2D eigenvalue weighted by Crippen LogP contribution is 2.30. The zero-order valence-electron chi connectivity index (χ0n) is 11.3. The first-order chi connectivity index (χ1) is 10.5. The van der Waals surface area contributed by atoms with Crippen molar-refractivity contribution in [2.45, 2.75) is 4.90 Å². The lowest BCUT2D eigenvalue weighted by Crippen LogP contribution is -2.37. The van der Waals surface area contributed by atoms with Crippen LogP contribution in [0, 0.1) is 0 Å². The minimum atomic E-state index is -3.89. The Kier molecular flexibility index (Phi) is 3.74. The van der Waals surface area contributed by atoms with Crippen LogP contribution in [0.5, 0.6) is 0 Å². The van der Waals surface area contributed by atoms with Gasteiger partial charge in [-0.2, -0.15) is 12.8 Å². The van der Waals surface area contributed by atoms with Gasteiger partial charge >= 0.3 is 0 Å². The van der Waals surface area contributed by atoms with E-state index in [2.05, 4.69) is 4.98 Å². The van der Waals surface area contributed by atoms with E-state index < -0.39 is 10.0 Å². The molecule has 2 aromatic carbocycles. The van der Waals surface area contributed by atoms with Crippen LogP contribution in [0.15, 0.2) is 65.7 Å². The van der Waals surface area contributed by atoms with Crippen molar-refractivity contribution in [3.63, 3.8) is 0 Å². The summed E-state index contributed by atoms with van der Waals surface area (Å²) in [6.07, 6.45) is 1.57. The molecule has 0 atom stereocenters. The second-order valence-electron chi connectivity index (χ2n) is 4.61. The zero-order chi connectivity index (χ0) is 15.7. The molecular formula is C15H12ClN3O2S. The predicted octanol–water partition coefficient (Wildman–Crippen LogP) is 2.96. The second-order valence-corrected chi connectivity index (χ2v) is 6.87. The van der Waals surface area contributed by atoms with Gasteiger partial charge in [-0.15, -0.1) is 0 Å². The van der Waals surface area contributed by atoms with Gasteiger partial charge in [0.1, 0.15) is 0 Å². The molecule has 0 aliphatic rings. The molecule has 112 valence electrons. The molecule has 1 aromatic heterocycles. The number of aromatic nitrogens is 1. The first-order valence-corrected chi connectivity index (χ1v) is 8.21. The molecule has 0 bridgehead atoms. The molecule has 5 nitrogen and oxygen atoms in total. The molecule has 2 N–H and O–H groups in total. The van der Waals surface area contributed by atoms with E-state index in [0.29, 0.717) is 20.3 Å². The fourth-order valence-corrected chi connectivity index (χ4v) is 3.49. The van der Waals surface area contributed by atoms with Crippen molar-refractivity contribution in [1.29, 1.82) is 0 Å². The Bertz CT molecular complexity index is 930. The first kappa shape index (κ1) is 14.8. The molecule has 7 heteroatoms. The summed E-state index contributed by atoms with van der Waals surface area (Å²) in [7, 11) is -3.89. The van der Waals surface area contributed by atoms with Crippen molar-refractivity contribution in [3.8, 4) is 0 Å². The Hall–Kier alpha value is -2.15. The van der Waals surface area contributed by atoms with Crippen molar-refractivity contribution in [2.75, 3.05) is 4.41 Å². The van der Waals surface area contributed by atoms with Crippen molar-refractivity contribution < 1.29 is 8.42 Å². The summed E-state index contributed by atoms with van der Waals surface area (Å²) in [6, 6.07) is 14.7. The van der Waals surface area contributed by atoms with Gasteiger partial charge in [-0.05, 0) is 30.3 Å². The van der Waals surface area contributed by atoms with E-state index in [1.165, 1.54) is 18.2 Å². The molecule has 0 aliphatic carbocycles. The highest BCUT2D eigenvalue weighted by atomic mass is 35.5. The van der Waals surface area contributed by atoms with Crippen molar-refractivity contribution in [1.82, 2.24) is 4.98 Å². The van der Waals surface area contributed by atoms with Crippen LogP contribution in [0.3, 0.4) is 0 Å². The maximum absolute atomic E-state index is 12.6. The van der Waals surface area contributed by atoms with Crippen LogP contribution >= 0.6 is 11.6 Å². The number of hydrogen-bond donors (Lipinski definition) is 1. The minimum Gasteiger partial charge on any atom is -0.254 e. The molecule has 0 aliphatic heterocycles. The van der Waals surface area contributed by atoms with Gasteiger partial charge in [0.15, 0.2) is 0 Å². The van der Waals surface area contributed by atoms with Gasteiger partial charge in [-0.25, -0.2) is 5.84 Å². The standard InChI is InChI=1S/C15H12ClN3O2S/c16-12-9-11-5-4-8-18-15(11)14(10-12)19(17)22(20,21)13-6-2-1-3-7-13/h1-10H,17H2. The SMILES string of the molecule is NN(c1cc(Cl)cc2cccnc12)S(=O)(=O)c1ccccc1. The van der Waals surface area contributed by atoms with Crippen LogP contribution < -0.4 is 10.3 Å². The smallest absolute Gasteiger partial charge is 0.254 e. The quantitative estimate of drug-likeness (QED) is 0.590. The van der Waals surface area contributed by atoms with E-state index in [0.717, 1.165) is 0 Å².